The lowest BCUT2D eigenvalue weighted by Crippen LogP contribution is -2.44. The molecule has 2 heterocycles. The number of carbonyl (C=O) groups is 1. The van der Waals surface area contributed by atoms with Crippen LogP contribution in [0.5, 0.6) is 5.88 Å². The van der Waals surface area contributed by atoms with Crippen molar-refractivity contribution in [2.24, 2.45) is 0 Å². The summed E-state index contributed by atoms with van der Waals surface area (Å²) in [6.45, 7) is 7.21. The molecule has 0 bridgehead atoms. The summed E-state index contributed by atoms with van der Waals surface area (Å²) in [7, 11) is -0.656. The molecule has 9 nitrogen and oxygen atoms in total. The number of carbonyl (C=O) groups excluding carboxylic acids is 1. The number of aromatic nitrogens is 1. The number of aryl methyl sites for hydroxylation is 2. The maximum Gasteiger partial charge on any atom is 0.267 e. The largest absolute Gasteiger partial charge is 0.480 e. The number of methoxy groups -OCH3 is 1. The molecule has 1 saturated heterocycles. The summed E-state index contributed by atoms with van der Waals surface area (Å²) in [5.41, 5.74) is 3.45. The zero-order valence-electron chi connectivity index (χ0n) is 21.2. The Morgan fingerprint density at radius 2 is 1.73 bits per heavy atom. The van der Waals surface area contributed by atoms with Gasteiger partial charge in [-0.05, 0) is 56.3 Å². The summed E-state index contributed by atoms with van der Waals surface area (Å²) in [4.78, 5) is 21.3. The first kappa shape index (κ1) is 26.7. The molecular formula is C26H30ClN5O4S. The fourth-order valence-electron chi connectivity index (χ4n) is 4.17. The maximum atomic E-state index is 13.3. The molecule has 1 amide bonds. The van der Waals surface area contributed by atoms with E-state index < -0.39 is 15.9 Å². The first-order valence-corrected chi connectivity index (χ1v) is 13.6. The Labute approximate surface area is 222 Å². The quantitative estimate of drug-likeness (QED) is 0.461. The minimum Gasteiger partial charge on any atom is -0.480 e. The second-order valence-corrected chi connectivity index (χ2v) is 11.1. The average Bonchev–Trinajstić information content (AvgIpc) is 2.87. The Bertz CT molecular complexity index is 1400. The van der Waals surface area contributed by atoms with Gasteiger partial charge < -0.3 is 19.9 Å². The molecule has 1 fully saturated rings. The monoisotopic (exact) mass is 543 g/mol. The molecule has 3 aromatic rings. The zero-order valence-corrected chi connectivity index (χ0v) is 22.8. The number of rotatable bonds is 7. The molecule has 0 aliphatic carbocycles. The highest BCUT2D eigenvalue weighted by atomic mass is 35.5. The predicted molar refractivity (Wildman–Crippen MR) is 147 cm³/mol. The van der Waals surface area contributed by atoms with E-state index >= 15 is 0 Å². The summed E-state index contributed by atoms with van der Waals surface area (Å²) in [6.07, 6.45) is 1.34. The maximum absolute atomic E-state index is 13.3. The van der Waals surface area contributed by atoms with Gasteiger partial charge in [-0.2, -0.15) is 0 Å². The number of para-hydroxylation sites is 1. The van der Waals surface area contributed by atoms with Crippen molar-refractivity contribution in [3.05, 3.63) is 70.4 Å². The number of hydrogen-bond donors (Lipinski definition) is 2. The van der Waals surface area contributed by atoms with Crippen LogP contribution >= 0.6 is 11.6 Å². The molecular weight excluding hydrogens is 514 g/mol. The van der Waals surface area contributed by atoms with Crippen molar-refractivity contribution in [3.63, 3.8) is 0 Å². The molecule has 11 heteroatoms. The van der Waals surface area contributed by atoms with Gasteiger partial charge in [0.2, 0.25) is 5.88 Å². The Morgan fingerprint density at radius 3 is 2.35 bits per heavy atom. The van der Waals surface area contributed by atoms with Gasteiger partial charge in [-0.1, -0.05) is 29.8 Å². The van der Waals surface area contributed by atoms with Crippen molar-refractivity contribution in [1.82, 2.24) is 9.88 Å². The van der Waals surface area contributed by atoms with E-state index in [0.717, 1.165) is 43.0 Å². The molecule has 1 aliphatic heterocycles. The fourth-order valence-corrected chi connectivity index (χ4v) is 5.81. The van der Waals surface area contributed by atoms with Crippen molar-refractivity contribution in [1.29, 1.82) is 0 Å². The number of piperazine rings is 1. The van der Waals surface area contributed by atoms with E-state index in [4.69, 9.17) is 16.3 Å². The van der Waals surface area contributed by atoms with E-state index in [1.54, 1.807) is 12.1 Å². The number of halogens is 1. The Morgan fingerprint density at radius 1 is 1.05 bits per heavy atom. The highest BCUT2D eigenvalue weighted by molar-refractivity contribution is 7.92. The molecule has 1 aromatic heterocycles. The minimum absolute atomic E-state index is 0.0867. The van der Waals surface area contributed by atoms with E-state index in [0.29, 0.717) is 16.3 Å². The SMILES string of the molecule is COc1ncc(NC(=O)c2ccc(N3CCN(C)CC3)c(Cl)c2)cc1S(=O)(=O)Nc1c(C)cccc1C. The van der Waals surface area contributed by atoms with Crippen LogP contribution in [-0.2, 0) is 10.0 Å². The van der Waals surface area contributed by atoms with Crippen molar-refractivity contribution in [2.75, 3.05) is 55.3 Å². The molecule has 0 spiro atoms. The van der Waals surface area contributed by atoms with Crippen LogP contribution in [0.25, 0.3) is 0 Å². The third kappa shape index (κ3) is 5.98. The molecule has 0 radical (unpaired) electrons. The number of nitrogens with zero attached hydrogens (tertiary/aromatic N) is 3. The van der Waals surface area contributed by atoms with Gasteiger partial charge in [0.05, 0.1) is 35.4 Å². The zero-order chi connectivity index (χ0) is 26.7. The first-order chi connectivity index (χ1) is 17.6. The average molecular weight is 544 g/mol. The van der Waals surface area contributed by atoms with Gasteiger partial charge in [0.15, 0.2) is 4.90 Å². The first-order valence-electron chi connectivity index (χ1n) is 11.8. The standard InChI is InChI=1S/C26H30ClN5O4S/c1-17-6-5-7-18(2)24(17)30-37(34,35)23-15-20(16-28-26(23)36-4)29-25(33)19-8-9-22(21(27)14-19)32-12-10-31(3)11-13-32/h5-9,14-16,30H,10-13H2,1-4H3,(H,29,33). The van der Waals surface area contributed by atoms with Crippen molar-refractivity contribution in [3.8, 4) is 5.88 Å². The van der Waals surface area contributed by atoms with Gasteiger partial charge in [0, 0.05) is 31.7 Å². The van der Waals surface area contributed by atoms with Gasteiger partial charge in [0.1, 0.15) is 0 Å². The van der Waals surface area contributed by atoms with Crippen LogP contribution in [0, 0.1) is 13.8 Å². The third-order valence-corrected chi connectivity index (χ3v) is 7.98. The van der Waals surface area contributed by atoms with Crippen LogP contribution in [0.3, 0.4) is 0 Å². The molecule has 37 heavy (non-hydrogen) atoms. The molecule has 0 saturated carbocycles. The number of hydrogen-bond acceptors (Lipinski definition) is 7. The molecule has 1 aliphatic rings. The smallest absolute Gasteiger partial charge is 0.267 e. The van der Waals surface area contributed by atoms with Crippen molar-refractivity contribution in [2.45, 2.75) is 18.7 Å². The summed E-state index contributed by atoms with van der Waals surface area (Å²) in [5, 5.41) is 3.19. The third-order valence-electron chi connectivity index (χ3n) is 6.33. The van der Waals surface area contributed by atoms with Crippen molar-refractivity contribution < 1.29 is 17.9 Å². The number of benzene rings is 2. The van der Waals surface area contributed by atoms with E-state index in [2.05, 4.69) is 31.9 Å². The number of ether oxygens (including phenoxy) is 1. The molecule has 196 valence electrons. The second-order valence-electron chi connectivity index (χ2n) is 9.01. The number of sulfonamides is 1. The van der Waals surface area contributed by atoms with E-state index in [1.165, 1.54) is 19.4 Å². The molecule has 2 N–H and O–H groups in total. The normalized spacial score (nSPS) is 14.4. The predicted octanol–water partition coefficient (Wildman–Crippen LogP) is 4.17. The van der Waals surface area contributed by atoms with Crippen LogP contribution in [-0.4, -0.2) is 64.5 Å². The molecule has 2 aromatic carbocycles. The summed E-state index contributed by atoms with van der Waals surface area (Å²) < 4.78 is 34.4. The second kappa shape index (κ2) is 11.0. The van der Waals surface area contributed by atoms with Gasteiger partial charge >= 0.3 is 0 Å². The number of anilines is 3. The van der Waals surface area contributed by atoms with Crippen LogP contribution in [0.2, 0.25) is 5.02 Å². The Balaban J connectivity index is 1.56. The topological polar surface area (TPSA) is 104 Å². The van der Waals surface area contributed by atoms with Gasteiger partial charge in [0.25, 0.3) is 15.9 Å². The van der Waals surface area contributed by atoms with Crippen molar-refractivity contribution >= 4 is 44.6 Å². The molecule has 4 rings (SSSR count). The van der Waals surface area contributed by atoms with Crippen LogP contribution < -0.4 is 19.7 Å². The number of pyridine rings is 1. The summed E-state index contributed by atoms with van der Waals surface area (Å²) in [5.74, 6) is -0.527. The van der Waals surface area contributed by atoms with Crippen LogP contribution in [0.1, 0.15) is 21.5 Å². The van der Waals surface area contributed by atoms with E-state index in [-0.39, 0.29) is 16.5 Å². The molecule has 0 atom stereocenters. The number of amides is 1. The number of nitrogens with one attached hydrogen (secondary N) is 2. The lowest BCUT2D eigenvalue weighted by atomic mass is 10.1. The van der Waals surface area contributed by atoms with Gasteiger partial charge in [-0.3, -0.25) is 9.52 Å². The lowest BCUT2D eigenvalue weighted by Gasteiger charge is -2.34. The number of likely N-dealkylation sites (N-methyl/N-ethyl adjacent to an activating group) is 1. The van der Waals surface area contributed by atoms with Crippen LogP contribution in [0.15, 0.2) is 53.6 Å². The summed E-state index contributed by atoms with van der Waals surface area (Å²) >= 11 is 6.52. The highest BCUT2D eigenvalue weighted by Crippen LogP contribution is 2.30. The van der Waals surface area contributed by atoms with E-state index in [9.17, 15) is 13.2 Å². The van der Waals surface area contributed by atoms with Gasteiger partial charge in [-0.15, -0.1) is 0 Å². The van der Waals surface area contributed by atoms with Gasteiger partial charge in [-0.25, -0.2) is 13.4 Å². The Kier molecular flexibility index (Phi) is 7.91. The van der Waals surface area contributed by atoms with Crippen LogP contribution in [0.4, 0.5) is 17.1 Å². The lowest BCUT2D eigenvalue weighted by molar-refractivity contribution is 0.102. The molecule has 0 unspecified atom stereocenters. The highest BCUT2D eigenvalue weighted by Gasteiger charge is 2.24. The fraction of sp³-hybridized carbons (Fsp3) is 0.308. The minimum atomic E-state index is -4.07. The van der Waals surface area contributed by atoms with E-state index in [1.807, 2.05) is 38.1 Å². The Hall–Kier alpha value is -3.34. The summed E-state index contributed by atoms with van der Waals surface area (Å²) in [6, 6.07) is 12.0.